The van der Waals surface area contributed by atoms with Gasteiger partial charge >= 0.3 is 6.18 Å². The number of rotatable bonds is 6. The summed E-state index contributed by atoms with van der Waals surface area (Å²) in [6, 6.07) is 12.4. The number of carbonyl (C=O) groups excluding carboxylic acids is 1. The van der Waals surface area contributed by atoms with Crippen molar-refractivity contribution in [2.75, 3.05) is 18.4 Å². The fraction of sp³-hybridized carbons (Fsp3) is 0.360. The maximum Gasteiger partial charge on any atom is 0.416 e. The molecule has 1 amide bonds. The molecule has 1 aliphatic heterocycles. The first-order chi connectivity index (χ1) is 16.7. The van der Waals surface area contributed by atoms with Crippen molar-refractivity contribution in [3.8, 4) is 0 Å². The number of nitrogens with zero attached hydrogens (tertiary/aromatic N) is 2. The lowest BCUT2D eigenvalue weighted by molar-refractivity contribution is -0.138. The van der Waals surface area contributed by atoms with Gasteiger partial charge in [-0.05, 0) is 42.5 Å². The van der Waals surface area contributed by atoms with Crippen LogP contribution in [0.2, 0.25) is 5.02 Å². The number of aliphatic hydroxyl groups excluding tert-OH is 1. The number of amides is 1. The summed E-state index contributed by atoms with van der Waals surface area (Å²) in [7, 11) is 0. The first kappa shape index (κ1) is 24.2. The average molecular weight is 522 g/mol. The van der Waals surface area contributed by atoms with Crippen LogP contribution in [-0.4, -0.2) is 40.1 Å². The zero-order valence-electron chi connectivity index (χ0n) is 18.6. The Bertz CT molecular complexity index is 1240. The van der Waals surface area contributed by atoms with E-state index in [1.54, 1.807) is 12.3 Å². The third kappa shape index (κ3) is 4.70. The number of nitrogens with one attached hydrogen (secondary N) is 1. The number of anilines is 1. The lowest BCUT2D eigenvalue weighted by atomic mass is 9.90. The summed E-state index contributed by atoms with van der Waals surface area (Å²) in [6.07, 6.45) is -1.98. The molecule has 0 bridgehead atoms. The van der Waals surface area contributed by atoms with Gasteiger partial charge in [-0.25, -0.2) is 4.98 Å². The van der Waals surface area contributed by atoms with E-state index in [9.17, 15) is 23.1 Å². The number of alkyl halides is 3. The van der Waals surface area contributed by atoms with Crippen molar-refractivity contribution in [1.82, 2.24) is 9.88 Å². The van der Waals surface area contributed by atoms with Crippen molar-refractivity contribution in [3.63, 3.8) is 0 Å². The molecule has 1 unspecified atom stereocenters. The number of likely N-dealkylation sites (tertiary alicyclic amines) is 1. The summed E-state index contributed by atoms with van der Waals surface area (Å²) < 4.78 is 40.7. The van der Waals surface area contributed by atoms with E-state index >= 15 is 0 Å². The Morgan fingerprint density at radius 2 is 1.91 bits per heavy atom. The van der Waals surface area contributed by atoms with Gasteiger partial charge in [0.15, 0.2) is 5.13 Å². The highest BCUT2D eigenvalue weighted by atomic mass is 35.5. The molecule has 3 aromatic rings. The number of β-amino-alcohol motifs (C(OH)–C–C–N with tert-alkyl or cyclic N) is 1. The molecule has 1 aromatic heterocycles. The molecule has 2 heterocycles. The largest absolute Gasteiger partial charge is 0.416 e. The van der Waals surface area contributed by atoms with Gasteiger partial charge in [0, 0.05) is 29.2 Å². The van der Waals surface area contributed by atoms with Crippen LogP contribution >= 0.6 is 22.9 Å². The summed E-state index contributed by atoms with van der Waals surface area (Å²) in [5.74, 6) is -0.485. The fourth-order valence-corrected chi connectivity index (χ4v) is 6.01. The van der Waals surface area contributed by atoms with Gasteiger partial charge in [0.2, 0.25) is 5.91 Å². The molecule has 2 atom stereocenters. The third-order valence-corrected chi connectivity index (χ3v) is 8.02. The molecule has 2 fully saturated rings. The van der Waals surface area contributed by atoms with E-state index in [1.165, 1.54) is 29.5 Å². The third-order valence-electron chi connectivity index (χ3n) is 6.71. The number of thiazole rings is 1. The SMILES string of the molecule is O=C(Nc1ncc(C(c2ccccc2Cl)N2CC[C@@H](O)C2)s1)C1(c2ccccc2C(F)(F)F)CC1. The van der Waals surface area contributed by atoms with Gasteiger partial charge in [-0.3, -0.25) is 9.69 Å². The molecule has 0 radical (unpaired) electrons. The first-order valence-electron chi connectivity index (χ1n) is 11.3. The molecule has 1 aliphatic carbocycles. The normalized spacial score (nSPS) is 20.5. The summed E-state index contributed by atoms with van der Waals surface area (Å²) in [5, 5.41) is 13.8. The van der Waals surface area contributed by atoms with Crippen molar-refractivity contribution in [2.45, 2.75) is 43.0 Å². The molecule has 1 saturated heterocycles. The van der Waals surface area contributed by atoms with Crippen LogP contribution in [0.3, 0.4) is 0 Å². The molecule has 5 nitrogen and oxygen atoms in total. The Labute approximate surface area is 209 Å². The molecule has 1 saturated carbocycles. The quantitative estimate of drug-likeness (QED) is 0.440. The number of aromatic nitrogens is 1. The minimum atomic E-state index is -4.54. The number of hydrogen-bond donors (Lipinski definition) is 2. The minimum Gasteiger partial charge on any atom is -0.392 e. The summed E-state index contributed by atoms with van der Waals surface area (Å²) in [4.78, 5) is 20.5. The van der Waals surface area contributed by atoms with Gasteiger partial charge in [-0.1, -0.05) is 59.3 Å². The van der Waals surface area contributed by atoms with E-state index in [0.29, 0.717) is 42.5 Å². The Balaban J connectivity index is 1.42. The number of benzene rings is 2. The van der Waals surface area contributed by atoms with Crippen molar-refractivity contribution < 1.29 is 23.1 Å². The smallest absolute Gasteiger partial charge is 0.392 e. The number of carbonyl (C=O) groups is 1. The monoisotopic (exact) mass is 521 g/mol. The van der Waals surface area contributed by atoms with Crippen molar-refractivity contribution in [1.29, 1.82) is 0 Å². The van der Waals surface area contributed by atoms with Crippen LogP contribution in [0.4, 0.5) is 18.3 Å². The molecule has 5 rings (SSSR count). The van der Waals surface area contributed by atoms with Gasteiger partial charge in [0.25, 0.3) is 0 Å². The Hall–Kier alpha value is -2.46. The lowest BCUT2D eigenvalue weighted by Gasteiger charge is -2.27. The Kier molecular flexibility index (Phi) is 6.37. The molecule has 0 spiro atoms. The van der Waals surface area contributed by atoms with E-state index < -0.39 is 29.2 Å². The van der Waals surface area contributed by atoms with Gasteiger partial charge in [0.1, 0.15) is 0 Å². The highest BCUT2D eigenvalue weighted by molar-refractivity contribution is 7.15. The molecule has 10 heteroatoms. The van der Waals surface area contributed by atoms with Crippen LogP contribution < -0.4 is 5.32 Å². The molecule has 184 valence electrons. The Morgan fingerprint density at radius 1 is 1.20 bits per heavy atom. The van der Waals surface area contributed by atoms with Gasteiger partial charge in [0.05, 0.1) is 23.1 Å². The average Bonchev–Trinajstić information content (AvgIpc) is 3.34. The summed E-state index contributed by atoms with van der Waals surface area (Å²) >= 11 is 7.76. The van der Waals surface area contributed by atoms with Crippen LogP contribution in [0.1, 0.15) is 46.9 Å². The predicted molar refractivity (Wildman–Crippen MR) is 129 cm³/mol. The van der Waals surface area contributed by atoms with Crippen LogP contribution in [0.25, 0.3) is 0 Å². The van der Waals surface area contributed by atoms with E-state index in [0.717, 1.165) is 16.5 Å². The number of halogens is 4. The Morgan fingerprint density at radius 3 is 2.57 bits per heavy atom. The van der Waals surface area contributed by atoms with E-state index in [2.05, 4.69) is 15.2 Å². The zero-order valence-corrected chi connectivity index (χ0v) is 20.1. The molecular weight excluding hydrogens is 499 g/mol. The molecule has 2 aliphatic rings. The van der Waals surface area contributed by atoms with Crippen LogP contribution in [-0.2, 0) is 16.4 Å². The number of hydrogen-bond acceptors (Lipinski definition) is 5. The maximum absolute atomic E-state index is 13.6. The van der Waals surface area contributed by atoms with Crippen molar-refractivity contribution in [2.24, 2.45) is 0 Å². The molecule has 35 heavy (non-hydrogen) atoms. The number of aliphatic hydroxyl groups is 1. The standard InChI is InChI=1S/C25H23ClF3N3O2S/c26-19-8-4-1-5-16(19)21(32-12-9-15(33)14-32)20-13-30-23(35-20)31-22(34)24(10-11-24)17-6-2-3-7-18(17)25(27,28)29/h1-8,13,15,21,33H,9-12,14H2,(H,30,31,34)/t15-,21?/m1/s1. The second-order valence-electron chi connectivity index (χ2n) is 9.01. The highest BCUT2D eigenvalue weighted by Gasteiger charge is 2.55. The van der Waals surface area contributed by atoms with Gasteiger partial charge in [-0.2, -0.15) is 13.2 Å². The van der Waals surface area contributed by atoms with E-state index in [1.807, 2.05) is 18.2 Å². The van der Waals surface area contributed by atoms with E-state index in [4.69, 9.17) is 11.6 Å². The maximum atomic E-state index is 13.6. The fourth-order valence-electron chi connectivity index (χ4n) is 4.81. The van der Waals surface area contributed by atoms with Gasteiger partial charge < -0.3 is 10.4 Å². The highest BCUT2D eigenvalue weighted by Crippen LogP contribution is 2.52. The first-order valence-corrected chi connectivity index (χ1v) is 12.5. The minimum absolute atomic E-state index is 0.00165. The van der Waals surface area contributed by atoms with Crippen LogP contribution in [0.5, 0.6) is 0 Å². The lowest BCUT2D eigenvalue weighted by Crippen LogP contribution is -2.30. The molecule has 2 N–H and O–H groups in total. The topological polar surface area (TPSA) is 65.5 Å². The van der Waals surface area contributed by atoms with Crippen LogP contribution in [0, 0.1) is 0 Å². The van der Waals surface area contributed by atoms with Crippen molar-refractivity contribution in [3.05, 3.63) is 81.3 Å². The van der Waals surface area contributed by atoms with Gasteiger partial charge in [-0.15, -0.1) is 0 Å². The second-order valence-corrected chi connectivity index (χ2v) is 10.5. The zero-order chi connectivity index (χ0) is 24.8. The second kappa shape index (κ2) is 9.20. The van der Waals surface area contributed by atoms with Crippen LogP contribution in [0.15, 0.2) is 54.7 Å². The molecule has 2 aromatic carbocycles. The summed E-state index contributed by atoms with van der Waals surface area (Å²) in [6.45, 7) is 1.15. The van der Waals surface area contributed by atoms with E-state index in [-0.39, 0.29) is 11.6 Å². The predicted octanol–water partition coefficient (Wildman–Crippen LogP) is 5.64. The van der Waals surface area contributed by atoms with Crippen molar-refractivity contribution >= 4 is 34.0 Å². The molecular formula is C25H23ClF3N3O2S. The summed E-state index contributed by atoms with van der Waals surface area (Å²) in [5.41, 5.74) is -1.12.